The number of amides is 1. The number of nitrogens with zero attached hydrogens (tertiary/aromatic N) is 1. The van der Waals surface area contributed by atoms with Crippen LogP contribution in [0.3, 0.4) is 0 Å². The molecule has 1 rings (SSSR count). The SMILES string of the molecule is CCCC(=O)N1CCOCC1CBr. The normalized spacial score (nSPS) is 23.2. The number of ether oxygens (including phenoxy) is 1. The minimum absolute atomic E-state index is 0.229. The quantitative estimate of drug-likeness (QED) is 0.709. The maximum Gasteiger partial charge on any atom is 0.222 e. The van der Waals surface area contributed by atoms with Gasteiger partial charge in [-0.25, -0.2) is 0 Å². The number of alkyl halides is 1. The van der Waals surface area contributed by atoms with Crippen LogP contribution in [0.25, 0.3) is 0 Å². The van der Waals surface area contributed by atoms with Crippen molar-refractivity contribution < 1.29 is 9.53 Å². The smallest absolute Gasteiger partial charge is 0.222 e. The standard InChI is InChI=1S/C9H16BrNO2/c1-2-3-9(12)11-4-5-13-7-8(11)6-10/h8H,2-7H2,1H3. The Bertz CT molecular complexity index is 175. The van der Waals surface area contributed by atoms with Crippen LogP contribution in [-0.2, 0) is 9.53 Å². The van der Waals surface area contributed by atoms with Crippen LogP contribution in [0.1, 0.15) is 19.8 Å². The van der Waals surface area contributed by atoms with E-state index in [2.05, 4.69) is 15.9 Å². The monoisotopic (exact) mass is 249 g/mol. The fourth-order valence-electron chi connectivity index (χ4n) is 1.47. The third kappa shape index (κ3) is 2.95. The Hall–Kier alpha value is -0.0900. The van der Waals surface area contributed by atoms with E-state index in [1.165, 1.54) is 0 Å². The first-order valence-electron chi connectivity index (χ1n) is 4.72. The summed E-state index contributed by atoms with van der Waals surface area (Å²) in [6.07, 6.45) is 1.58. The topological polar surface area (TPSA) is 29.5 Å². The minimum atomic E-state index is 0.229. The van der Waals surface area contributed by atoms with Gasteiger partial charge in [0.15, 0.2) is 0 Å². The Morgan fingerprint density at radius 2 is 2.46 bits per heavy atom. The van der Waals surface area contributed by atoms with E-state index in [0.29, 0.717) is 19.6 Å². The van der Waals surface area contributed by atoms with Crippen molar-refractivity contribution in [2.24, 2.45) is 0 Å². The highest BCUT2D eigenvalue weighted by Gasteiger charge is 2.25. The van der Waals surface area contributed by atoms with E-state index in [-0.39, 0.29) is 11.9 Å². The predicted octanol–water partition coefficient (Wildman–Crippen LogP) is 1.41. The van der Waals surface area contributed by atoms with Gasteiger partial charge in [-0.2, -0.15) is 0 Å². The molecule has 0 spiro atoms. The number of rotatable bonds is 3. The molecular formula is C9H16BrNO2. The van der Waals surface area contributed by atoms with Gasteiger partial charge in [0.05, 0.1) is 19.3 Å². The van der Waals surface area contributed by atoms with Crippen LogP contribution in [0.5, 0.6) is 0 Å². The first-order valence-corrected chi connectivity index (χ1v) is 5.85. The summed E-state index contributed by atoms with van der Waals surface area (Å²) in [7, 11) is 0. The molecule has 4 heteroatoms. The maximum absolute atomic E-state index is 11.6. The number of carbonyl (C=O) groups excluding carboxylic acids is 1. The molecule has 0 N–H and O–H groups in total. The summed E-state index contributed by atoms with van der Waals surface area (Å²) in [5.41, 5.74) is 0. The van der Waals surface area contributed by atoms with Crippen molar-refractivity contribution in [3.8, 4) is 0 Å². The van der Waals surface area contributed by atoms with Crippen molar-refractivity contribution in [1.29, 1.82) is 0 Å². The summed E-state index contributed by atoms with van der Waals surface area (Å²) in [6, 6.07) is 0.229. The zero-order valence-electron chi connectivity index (χ0n) is 7.96. The van der Waals surface area contributed by atoms with Gasteiger partial charge < -0.3 is 9.64 Å². The van der Waals surface area contributed by atoms with Crippen LogP contribution in [0.2, 0.25) is 0 Å². The van der Waals surface area contributed by atoms with Crippen molar-refractivity contribution in [3.05, 3.63) is 0 Å². The van der Waals surface area contributed by atoms with Gasteiger partial charge in [-0.3, -0.25) is 4.79 Å². The van der Waals surface area contributed by atoms with Crippen LogP contribution in [0.4, 0.5) is 0 Å². The van der Waals surface area contributed by atoms with Crippen LogP contribution in [-0.4, -0.2) is 41.9 Å². The average Bonchev–Trinajstić information content (AvgIpc) is 2.18. The molecule has 0 radical (unpaired) electrons. The molecule has 1 heterocycles. The molecule has 13 heavy (non-hydrogen) atoms. The number of hydrogen-bond acceptors (Lipinski definition) is 2. The van der Waals surface area contributed by atoms with E-state index in [1.807, 2.05) is 11.8 Å². The van der Waals surface area contributed by atoms with Crippen molar-refractivity contribution in [2.45, 2.75) is 25.8 Å². The lowest BCUT2D eigenvalue weighted by Crippen LogP contribution is -2.49. The molecule has 0 aromatic carbocycles. The first-order chi connectivity index (χ1) is 6.29. The van der Waals surface area contributed by atoms with Gasteiger partial charge in [-0.05, 0) is 6.42 Å². The van der Waals surface area contributed by atoms with Gasteiger partial charge >= 0.3 is 0 Å². The molecule has 1 saturated heterocycles. The molecule has 1 atom stereocenters. The van der Waals surface area contributed by atoms with E-state index in [4.69, 9.17) is 4.74 Å². The highest BCUT2D eigenvalue weighted by atomic mass is 79.9. The third-order valence-corrected chi connectivity index (χ3v) is 2.94. The molecule has 1 amide bonds. The summed E-state index contributed by atoms with van der Waals surface area (Å²) < 4.78 is 5.31. The zero-order chi connectivity index (χ0) is 9.68. The summed E-state index contributed by atoms with van der Waals surface area (Å²) in [5, 5.41) is 0.808. The molecule has 3 nitrogen and oxygen atoms in total. The molecule has 0 aromatic rings. The molecular weight excluding hydrogens is 234 g/mol. The van der Waals surface area contributed by atoms with E-state index < -0.39 is 0 Å². The molecule has 0 bridgehead atoms. The van der Waals surface area contributed by atoms with Gasteiger partial charge in [0, 0.05) is 18.3 Å². The lowest BCUT2D eigenvalue weighted by molar-refractivity contribution is -0.138. The Labute approximate surface area is 87.6 Å². The van der Waals surface area contributed by atoms with Crippen molar-refractivity contribution in [3.63, 3.8) is 0 Å². The summed E-state index contributed by atoms with van der Waals surface area (Å²) in [4.78, 5) is 13.5. The van der Waals surface area contributed by atoms with Gasteiger partial charge in [-0.15, -0.1) is 0 Å². The van der Waals surface area contributed by atoms with Crippen LogP contribution >= 0.6 is 15.9 Å². The molecule has 76 valence electrons. The molecule has 1 aliphatic rings. The highest BCUT2D eigenvalue weighted by Crippen LogP contribution is 2.11. The molecule has 1 fully saturated rings. The second-order valence-corrected chi connectivity index (χ2v) is 3.87. The van der Waals surface area contributed by atoms with Crippen LogP contribution in [0, 0.1) is 0 Å². The number of halogens is 1. The highest BCUT2D eigenvalue weighted by molar-refractivity contribution is 9.09. The van der Waals surface area contributed by atoms with Crippen molar-refractivity contribution in [2.75, 3.05) is 25.1 Å². The predicted molar refractivity (Wildman–Crippen MR) is 55.0 cm³/mol. The molecule has 1 aliphatic heterocycles. The number of morpholine rings is 1. The number of carbonyl (C=O) groups is 1. The minimum Gasteiger partial charge on any atom is -0.377 e. The maximum atomic E-state index is 11.6. The fraction of sp³-hybridized carbons (Fsp3) is 0.889. The third-order valence-electron chi connectivity index (χ3n) is 2.19. The number of hydrogen-bond donors (Lipinski definition) is 0. The molecule has 0 aromatic heterocycles. The lowest BCUT2D eigenvalue weighted by Gasteiger charge is -2.34. The second-order valence-electron chi connectivity index (χ2n) is 3.22. The summed E-state index contributed by atoms with van der Waals surface area (Å²) in [5.74, 6) is 0.259. The molecule has 0 saturated carbocycles. The van der Waals surface area contributed by atoms with Crippen molar-refractivity contribution in [1.82, 2.24) is 4.90 Å². The van der Waals surface area contributed by atoms with Crippen molar-refractivity contribution >= 4 is 21.8 Å². The Kier molecular flexibility index (Phi) is 4.73. The Morgan fingerprint density at radius 3 is 3.08 bits per heavy atom. The Morgan fingerprint density at radius 1 is 1.69 bits per heavy atom. The van der Waals surface area contributed by atoms with E-state index in [1.54, 1.807) is 0 Å². The van der Waals surface area contributed by atoms with E-state index in [9.17, 15) is 4.79 Å². The summed E-state index contributed by atoms with van der Waals surface area (Å²) in [6.45, 7) is 4.12. The van der Waals surface area contributed by atoms with Crippen LogP contribution in [0.15, 0.2) is 0 Å². The van der Waals surface area contributed by atoms with Gasteiger partial charge in [0.2, 0.25) is 5.91 Å². The van der Waals surface area contributed by atoms with E-state index >= 15 is 0 Å². The van der Waals surface area contributed by atoms with Crippen LogP contribution < -0.4 is 0 Å². The second kappa shape index (κ2) is 5.60. The van der Waals surface area contributed by atoms with Gasteiger partial charge in [-0.1, -0.05) is 22.9 Å². The average molecular weight is 250 g/mol. The summed E-state index contributed by atoms with van der Waals surface area (Å²) >= 11 is 3.40. The zero-order valence-corrected chi connectivity index (χ0v) is 9.55. The molecule has 0 aliphatic carbocycles. The molecule has 1 unspecified atom stereocenters. The van der Waals surface area contributed by atoms with Gasteiger partial charge in [0.25, 0.3) is 0 Å². The first kappa shape index (κ1) is 11.0. The van der Waals surface area contributed by atoms with Gasteiger partial charge in [0.1, 0.15) is 0 Å². The fourth-order valence-corrected chi connectivity index (χ4v) is 2.00. The largest absolute Gasteiger partial charge is 0.377 e. The van der Waals surface area contributed by atoms with E-state index in [0.717, 1.165) is 18.3 Å². The Balaban J connectivity index is 2.48. The lowest BCUT2D eigenvalue weighted by atomic mass is 10.2.